The quantitative estimate of drug-likeness (QED) is 0.663. The highest BCUT2D eigenvalue weighted by molar-refractivity contribution is 6.30. The molecule has 144 valence electrons. The molecule has 2 heterocycles. The number of carbonyl (C=O) groups is 1. The van der Waals surface area contributed by atoms with E-state index in [1.165, 1.54) is 5.56 Å². The summed E-state index contributed by atoms with van der Waals surface area (Å²) in [5, 5.41) is 3.56. The molecule has 7 heteroatoms. The largest absolute Gasteiger partial charge is 0.359 e. The summed E-state index contributed by atoms with van der Waals surface area (Å²) < 4.78 is 0. The first-order chi connectivity index (χ1) is 13.5. The van der Waals surface area contributed by atoms with Crippen LogP contribution in [-0.4, -0.2) is 34.5 Å². The molecule has 2 aromatic heterocycles. The Labute approximate surface area is 169 Å². The van der Waals surface area contributed by atoms with Gasteiger partial charge in [-0.1, -0.05) is 23.7 Å². The lowest BCUT2D eigenvalue weighted by molar-refractivity contribution is 0.0945. The Kier molecular flexibility index (Phi) is 6.55. The Morgan fingerprint density at radius 1 is 1.07 bits per heavy atom. The third kappa shape index (κ3) is 5.50. The Morgan fingerprint density at radius 3 is 2.50 bits per heavy atom. The van der Waals surface area contributed by atoms with E-state index in [1.807, 2.05) is 36.2 Å². The van der Waals surface area contributed by atoms with Gasteiger partial charge in [-0.2, -0.15) is 0 Å². The number of hydrogen-bond acceptors (Lipinski definition) is 5. The first kappa shape index (κ1) is 19.8. The molecule has 0 unspecified atom stereocenters. The molecular formula is C21H22ClN5O. The van der Waals surface area contributed by atoms with Crippen LogP contribution in [-0.2, 0) is 13.0 Å². The van der Waals surface area contributed by atoms with Crippen LogP contribution in [0.4, 0.5) is 5.82 Å². The Hall–Kier alpha value is -2.99. The van der Waals surface area contributed by atoms with Crippen molar-refractivity contribution in [3.8, 4) is 0 Å². The first-order valence-electron chi connectivity index (χ1n) is 8.99. The zero-order chi connectivity index (χ0) is 19.9. The summed E-state index contributed by atoms with van der Waals surface area (Å²) in [6.45, 7) is 2.97. The van der Waals surface area contributed by atoms with E-state index < -0.39 is 0 Å². The molecule has 0 aliphatic rings. The zero-order valence-electron chi connectivity index (χ0n) is 15.9. The van der Waals surface area contributed by atoms with Crippen molar-refractivity contribution < 1.29 is 4.79 Å². The lowest BCUT2D eigenvalue weighted by Crippen LogP contribution is -2.26. The third-order valence-electron chi connectivity index (χ3n) is 4.30. The molecule has 0 aliphatic carbocycles. The third-order valence-corrected chi connectivity index (χ3v) is 4.55. The molecule has 1 amide bonds. The van der Waals surface area contributed by atoms with Gasteiger partial charge >= 0.3 is 0 Å². The second kappa shape index (κ2) is 9.28. The number of nitrogens with zero attached hydrogens (tertiary/aromatic N) is 4. The van der Waals surface area contributed by atoms with E-state index in [0.29, 0.717) is 23.1 Å². The Bertz CT molecular complexity index is 931. The maximum Gasteiger partial charge on any atom is 0.270 e. The number of anilines is 1. The molecule has 0 saturated heterocycles. The minimum Gasteiger partial charge on any atom is -0.359 e. The summed E-state index contributed by atoms with van der Waals surface area (Å²) in [5.41, 5.74) is 2.53. The summed E-state index contributed by atoms with van der Waals surface area (Å²) in [7, 11) is 1.96. The van der Waals surface area contributed by atoms with Crippen molar-refractivity contribution in [3.05, 3.63) is 82.5 Å². The summed E-state index contributed by atoms with van der Waals surface area (Å²) in [4.78, 5) is 27.3. The van der Waals surface area contributed by atoms with Crippen molar-refractivity contribution in [2.45, 2.75) is 19.9 Å². The van der Waals surface area contributed by atoms with Crippen molar-refractivity contribution in [2.24, 2.45) is 0 Å². The van der Waals surface area contributed by atoms with Gasteiger partial charge in [-0.05, 0) is 48.7 Å². The minimum atomic E-state index is -0.232. The molecule has 3 rings (SSSR count). The number of aromatic nitrogens is 3. The van der Waals surface area contributed by atoms with Gasteiger partial charge in [0.15, 0.2) is 0 Å². The van der Waals surface area contributed by atoms with Crippen LogP contribution < -0.4 is 10.2 Å². The van der Waals surface area contributed by atoms with E-state index in [-0.39, 0.29) is 5.91 Å². The van der Waals surface area contributed by atoms with Gasteiger partial charge in [0.1, 0.15) is 17.3 Å². The number of carbonyl (C=O) groups excluding carboxylic acids is 1. The molecule has 0 fully saturated rings. The number of nitrogens with one attached hydrogen (secondary N) is 1. The van der Waals surface area contributed by atoms with Gasteiger partial charge in [-0.25, -0.2) is 9.97 Å². The first-order valence-corrected chi connectivity index (χ1v) is 9.37. The van der Waals surface area contributed by atoms with Gasteiger partial charge in [0.25, 0.3) is 5.91 Å². The molecule has 0 atom stereocenters. The number of benzene rings is 1. The van der Waals surface area contributed by atoms with Crippen molar-refractivity contribution >= 4 is 23.3 Å². The maximum atomic E-state index is 12.5. The number of likely N-dealkylation sites (N-methyl/N-ethyl adjacent to an activating group) is 1. The van der Waals surface area contributed by atoms with E-state index in [4.69, 9.17) is 11.6 Å². The molecule has 0 saturated carbocycles. The van der Waals surface area contributed by atoms with Crippen molar-refractivity contribution in [2.75, 3.05) is 18.5 Å². The van der Waals surface area contributed by atoms with Gasteiger partial charge in [0.2, 0.25) is 0 Å². The monoisotopic (exact) mass is 395 g/mol. The van der Waals surface area contributed by atoms with Gasteiger partial charge < -0.3 is 10.2 Å². The Balaban J connectivity index is 1.64. The van der Waals surface area contributed by atoms with Crippen LogP contribution >= 0.6 is 11.6 Å². The topological polar surface area (TPSA) is 71.0 Å². The number of amides is 1. The second-order valence-corrected chi connectivity index (χ2v) is 6.93. The molecule has 6 nitrogen and oxygen atoms in total. The summed E-state index contributed by atoms with van der Waals surface area (Å²) in [5.74, 6) is 1.05. The normalized spacial score (nSPS) is 10.5. The molecule has 3 aromatic rings. The lowest BCUT2D eigenvalue weighted by atomic mass is 10.2. The van der Waals surface area contributed by atoms with Crippen LogP contribution in [0.3, 0.4) is 0 Å². The second-order valence-electron chi connectivity index (χ2n) is 6.49. The molecular weight excluding hydrogens is 374 g/mol. The fourth-order valence-electron chi connectivity index (χ4n) is 2.70. The van der Waals surface area contributed by atoms with E-state index >= 15 is 0 Å². The number of rotatable bonds is 7. The van der Waals surface area contributed by atoms with E-state index in [9.17, 15) is 4.79 Å². The van der Waals surface area contributed by atoms with Crippen LogP contribution in [0.25, 0.3) is 0 Å². The van der Waals surface area contributed by atoms with Gasteiger partial charge in [-0.15, -0.1) is 0 Å². The summed E-state index contributed by atoms with van der Waals surface area (Å²) >= 11 is 5.89. The van der Waals surface area contributed by atoms with Crippen molar-refractivity contribution in [1.82, 2.24) is 20.3 Å². The van der Waals surface area contributed by atoms with Gasteiger partial charge in [0, 0.05) is 43.6 Å². The lowest BCUT2D eigenvalue weighted by Gasteiger charge is -2.19. The fraction of sp³-hybridized carbons (Fsp3) is 0.238. The predicted molar refractivity (Wildman–Crippen MR) is 111 cm³/mol. The molecule has 0 aliphatic heterocycles. The van der Waals surface area contributed by atoms with Crippen LogP contribution in [0.5, 0.6) is 0 Å². The molecule has 0 spiro atoms. The number of aryl methyl sites for hydroxylation is 1. The minimum absolute atomic E-state index is 0.232. The number of hydrogen-bond donors (Lipinski definition) is 1. The standard InChI is InChI=1S/C21H22ClN5O/c1-15-25-19(21(28)24-14-17-3-5-18(22)6-4-17)13-20(26-15)27(2)12-9-16-7-10-23-11-8-16/h3-8,10-11,13H,9,12,14H2,1-2H3,(H,24,28). The molecule has 1 N–H and O–H groups in total. The summed E-state index contributed by atoms with van der Waals surface area (Å²) in [6, 6.07) is 13.1. The van der Waals surface area contributed by atoms with Crippen LogP contribution in [0.1, 0.15) is 27.4 Å². The van der Waals surface area contributed by atoms with Crippen molar-refractivity contribution in [1.29, 1.82) is 0 Å². The SMILES string of the molecule is Cc1nc(C(=O)NCc2ccc(Cl)cc2)cc(N(C)CCc2ccncc2)n1. The van der Waals surface area contributed by atoms with Gasteiger partial charge in [0.05, 0.1) is 0 Å². The molecule has 1 aromatic carbocycles. The fourth-order valence-corrected chi connectivity index (χ4v) is 2.83. The molecule has 0 radical (unpaired) electrons. The summed E-state index contributed by atoms with van der Waals surface area (Å²) in [6.07, 6.45) is 4.43. The molecule has 0 bridgehead atoms. The van der Waals surface area contributed by atoms with Crippen LogP contribution in [0, 0.1) is 6.92 Å². The van der Waals surface area contributed by atoms with E-state index in [1.54, 1.807) is 37.5 Å². The van der Waals surface area contributed by atoms with E-state index in [0.717, 1.165) is 24.3 Å². The Morgan fingerprint density at radius 2 is 1.79 bits per heavy atom. The van der Waals surface area contributed by atoms with Crippen LogP contribution in [0.15, 0.2) is 54.9 Å². The zero-order valence-corrected chi connectivity index (χ0v) is 16.6. The highest BCUT2D eigenvalue weighted by atomic mass is 35.5. The predicted octanol–water partition coefficient (Wildman–Crippen LogP) is 3.44. The maximum absolute atomic E-state index is 12.5. The number of pyridine rings is 1. The smallest absolute Gasteiger partial charge is 0.270 e. The van der Waals surface area contributed by atoms with Crippen molar-refractivity contribution in [3.63, 3.8) is 0 Å². The molecule has 28 heavy (non-hydrogen) atoms. The van der Waals surface area contributed by atoms with Crippen LogP contribution in [0.2, 0.25) is 5.02 Å². The average Bonchev–Trinajstić information content (AvgIpc) is 2.71. The van der Waals surface area contributed by atoms with E-state index in [2.05, 4.69) is 20.3 Å². The number of halogens is 1. The highest BCUT2D eigenvalue weighted by Gasteiger charge is 2.13. The highest BCUT2D eigenvalue weighted by Crippen LogP contribution is 2.13. The van der Waals surface area contributed by atoms with Gasteiger partial charge in [-0.3, -0.25) is 9.78 Å². The average molecular weight is 396 g/mol.